The zero-order valence-corrected chi connectivity index (χ0v) is 12.5. The standard InChI is InChI=1S/C14H17N3O2S/c1-9-8-20-14(16-9)11(3)15-7-12-5-4-6-13(10(12)2)17(18)19/h4-6,8,11,15H,7H2,1-3H3. The van der Waals surface area contributed by atoms with Gasteiger partial charge < -0.3 is 5.32 Å². The molecule has 6 heteroatoms. The number of hydrogen-bond acceptors (Lipinski definition) is 5. The minimum absolute atomic E-state index is 0.132. The van der Waals surface area contributed by atoms with Gasteiger partial charge in [0.25, 0.3) is 5.69 Å². The third kappa shape index (κ3) is 3.20. The van der Waals surface area contributed by atoms with Crippen molar-refractivity contribution < 1.29 is 4.92 Å². The molecule has 0 radical (unpaired) electrons. The predicted molar refractivity (Wildman–Crippen MR) is 79.9 cm³/mol. The molecule has 1 atom stereocenters. The molecule has 1 heterocycles. The Bertz CT molecular complexity index is 625. The lowest BCUT2D eigenvalue weighted by Crippen LogP contribution is -2.18. The topological polar surface area (TPSA) is 68.1 Å². The zero-order valence-electron chi connectivity index (χ0n) is 11.7. The van der Waals surface area contributed by atoms with Gasteiger partial charge in [0.15, 0.2) is 0 Å². The van der Waals surface area contributed by atoms with Crippen LogP contribution in [0.1, 0.15) is 34.8 Å². The van der Waals surface area contributed by atoms with Gasteiger partial charge in [-0.05, 0) is 26.3 Å². The van der Waals surface area contributed by atoms with Crippen LogP contribution in [-0.4, -0.2) is 9.91 Å². The number of rotatable bonds is 5. The average molecular weight is 291 g/mol. The van der Waals surface area contributed by atoms with Gasteiger partial charge in [0, 0.05) is 29.2 Å². The molecule has 1 aromatic heterocycles. The fraction of sp³-hybridized carbons (Fsp3) is 0.357. The average Bonchev–Trinajstić information content (AvgIpc) is 2.83. The van der Waals surface area contributed by atoms with Crippen molar-refractivity contribution in [1.82, 2.24) is 10.3 Å². The van der Waals surface area contributed by atoms with Crippen LogP contribution in [0.15, 0.2) is 23.6 Å². The second kappa shape index (κ2) is 6.11. The third-order valence-electron chi connectivity index (χ3n) is 3.22. The number of thiazole rings is 1. The highest BCUT2D eigenvalue weighted by atomic mass is 32.1. The van der Waals surface area contributed by atoms with Gasteiger partial charge in [-0.1, -0.05) is 12.1 Å². The number of aromatic nitrogens is 1. The summed E-state index contributed by atoms with van der Waals surface area (Å²) in [5.74, 6) is 0. The zero-order chi connectivity index (χ0) is 14.7. The number of nitro groups is 1. The van der Waals surface area contributed by atoms with Gasteiger partial charge in [0.05, 0.1) is 11.0 Å². The van der Waals surface area contributed by atoms with Crippen LogP contribution in [0.3, 0.4) is 0 Å². The summed E-state index contributed by atoms with van der Waals surface area (Å²) in [5, 5.41) is 17.3. The van der Waals surface area contributed by atoms with Crippen molar-refractivity contribution in [1.29, 1.82) is 0 Å². The molecule has 0 bridgehead atoms. The maximum atomic E-state index is 10.9. The highest BCUT2D eigenvalue weighted by Crippen LogP contribution is 2.22. The lowest BCUT2D eigenvalue weighted by molar-refractivity contribution is -0.385. The first-order valence-corrected chi connectivity index (χ1v) is 7.25. The molecule has 0 saturated carbocycles. The molecule has 2 rings (SSSR count). The Labute approximate surface area is 121 Å². The first-order valence-electron chi connectivity index (χ1n) is 6.37. The molecule has 0 aliphatic rings. The van der Waals surface area contributed by atoms with Gasteiger partial charge in [-0.25, -0.2) is 4.98 Å². The van der Waals surface area contributed by atoms with E-state index in [0.717, 1.165) is 16.3 Å². The second-order valence-corrected chi connectivity index (χ2v) is 5.64. The molecule has 1 unspecified atom stereocenters. The molecule has 1 aromatic carbocycles. The van der Waals surface area contributed by atoms with E-state index >= 15 is 0 Å². The van der Waals surface area contributed by atoms with E-state index in [9.17, 15) is 10.1 Å². The van der Waals surface area contributed by atoms with Gasteiger partial charge in [-0.2, -0.15) is 0 Å². The van der Waals surface area contributed by atoms with Crippen LogP contribution < -0.4 is 5.32 Å². The number of benzene rings is 1. The van der Waals surface area contributed by atoms with E-state index in [0.29, 0.717) is 12.1 Å². The number of aryl methyl sites for hydroxylation is 1. The SMILES string of the molecule is Cc1csc(C(C)NCc2cccc([N+](=O)[O-])c2C)n1. The molecule has 106 valence electrons. The molecular weight excluding hydrogens is 274 g/mol. The molecule has 0 saturated heterocycles. The predicted octanol–water partition coefficient (Wildman–Crippen LogP) is 3.52. The summed E-state index contributed by atoms with van der Waals surface area (Å²) in [6.45, 7) is 6.39. The van der Waals surface area contributed by atoms with Crippen LogP contribution in [0.4, 0.5) is 5.69 Å². The third-order valence-corrected chi connectivity index (χ3v) is 4.37. The molecule has 1 N–H and O–H groups in total. The van der Waals surface area contributed by atoms with Crippen molar-refractivity contribution >= 4 is 17.0 Å². The second-order valence-electron chi connectivity index (χ2n) is 4.75. The van der Waals surface area contributed by atoms with Crippen LogP contribution in [0.25, 0.3) is 0 Å². The van der Waals surface area contributed by atoms with Gasteiger partial charge in [-0.15, -0.1) is 11.3 Å². The quantitative estimate of drug-likeness (QED) is 0.676. The number of nitrogens with zero attached hydrogens (tertiary/aromatic N) is 2. The van der Waals surface area contributed by atoms with Crippen molar-refractivity contribution in [3.8, 4) is 0 Å². The van der Waals surface area contributed by atoms with Crippen molar-refractivity contribution in [2.45, 2.75) is 33.4 Å². The van der Waals surface area contributed by atoms with Crippen LogP contribution >= 0.6 is 11.3 Å². The smallest absolute Gasteiger partial charge is 0.272 e. The van der Waals surface area contributed by atoms with Crippen molar-refractivity contribution in [3.05, 3.63) is 55.5 Å². The summed E-state index contributed by atoms with van der Waals surface area (Å²) in [6, 6.07) is 5.30. The van der Waals surface area contributed by atoms with E-state index in [2.05, 4.69) is 10.3 Å². The van der Waals surface area contributed by atoms with Gasteiger partial charge in [0.1, 0.15) is 5.01 Å². The fourth-order valence-electron chi connectivity index (χ4n) is 1.98. The molecule has 20 heavy (non-hydrogen) atoms. The highest BCUT2D eigenvalue weighted by molar-refractivity contribution is 7.09. The molecule has 0 spiro atoms. The summed E-state index contributed by atoms with van der Waals surface area (Å²) in [5.41, 5.74) is 2.85. The Kier molecular flexibility index (Phi) is 4.46. The minimum Gasteiger partial charge on any atom is -0.304 e. The summed E-state index contributed by atoms with van der Waals surface area (Å²) >= 11 is 1.62. The normalized spacial score (nSPS) is 12.3. The maximum Gasteiger partial charge on any atom is 0.272 e. The Morgan fingerprint density at radius 3 is 2.80 bits per heavy atom. The Morgan fingerprint density at radius 2 is 2.20 bits per heavy atom. The number of nitrogens with one attached hydrogen (secondary N) is 1. The lowest BCUT2D eigenvalue weighted by atomic mass is 10.1. The Hall–Kier alpha value is -1.79. The Balaban J connectivity index is 2.08. The molecule has 2 aromatic rings. The summed E-state index contributed by atoms with van der Waals surface area (Å²) in [7, 11) is 0. The van der Waals surface area contributed by atoms with E-state index in [1.165, 1.54) is 6.07 Å². The van der Waals surface area contributed by atoms with E-state index < -0.39 is 0 Å². The number of nitro benzene ring substituents is 1. The summed E-state index contributed by atoms with van der Waals surface area (Å²) in [6.07, 6.45) is 0. The minimum atomic E-state index is -0.341. The molecular formula is C14H17N3O2S. The van der Waals surface area contributed by atoms with Gasteiger partial charge in [0.2, 0.25) is 0 Å². The highest BCUT2D eigenvalue weighted by Gasteiger charge is 2.14. The largest absolute Gasteiger partial charge is 0.304 e. The van der Waals surface area contributed by atoms with Crippen LogP contribution in [0.5, 0.6) is 0 Å². The fourth-order valence-corrected chi connectivity index (χ4v) is 2.81. The monoisotopic (exact) mass is 291 g/mol. The molecule has 0 amide bonds. The van der Waals surface area contributed by atoms with Gasteiger partial charge in [-0.3, -0.25) is 10.1 Å². The number of hydrogen-bond donors (Lipinski definition) is 1. The van der Waals surface area contributed by atoms with E-state index in [4.69, 9.17) is 0 Å². The van der Waals surface area contributed by atoms with E-state index in [1.807, 2.05) is 25.3 Å². The van der Waals surface area contributed by atoms with E-state index in [1.54, 1.807) is 24.3 Å². The molecule has 5 nitrogen and oxygen atoms in total. The van der Waals surface area contributed by atoms with Crippen LogP contribution in [0.2, 0.25) is 0 Å². The van der Waals surface area contributed by atoms with Crippen molar-refractivity contribution in [3.63, 3.8) is 0 Å². The molecule has 0 fully saturated rings. The lowest BCUT2D eigenvalue weighted by Gasteiger charge is -2.12. The first-order chi connectivity index (χ1) is 9.49. The Morgan fingerprint density at radius 1 is 1.45 bits per heavy atom. The van der Waals surface area contributed by atoms with Gasteiger partial charge >= 0.3 is 0 Å². The summed E-state index contributed by atoms with van der Waals surface area (Å²) in [4.78, 5) is 15.0. The van der Waals surface area contributed by atoms with Crippen LogP contribution in [0, 0.1) is 24.0 Å². The molecule has 0 aliphatic heterocycles. The summed E-state index contributed by atoms with van der Waals surface area (Å²) < 4.78 is 0. The first kappa shape index (κ1) is 14.6. The van der Waals surface area contributed by atoms with E-state index in [-0.39, 0.29) is 16.7 Å². The molecule has 0 aliphatic carbocycles. The maximum absolute atomic E-state index is 10.9. The van der Waals surface area contributed by atoms with Crippen LogP contribution in [-0.2, 0) is 6.54 Å². The van der Waals surface area contributed by atoms with Crippen molar-refractivity contribution in [2.24, 2.45) is 0 Å². The van der Waals surface area contributed by atoms with Crippen molar-refractivity contribution in [2.75, 3.05) is 0 Å².